The summed E-state index contributed by atoms with van der Waals surface area (Å²) in [7, 11) is 0. The first-order chi connectivity index (χ1) is 11.8. The molecule has 3 N–H and O–H groups in total. The van der Waals surface area contributed by atoms with E-state index in [0.717, 1.165) is 27.3 Å². The normalized spacial score (nSPS) is 11.5. The molecule has 0 saturated carbocycles. The van der Waals surface area contributed by atoms with E-state index in [9.17, 15) is 4.79 Å². The number of benzene rings is 2. The fourth-order valence-electron chi connectivity index (χ4n) is 2.71. The van der Waals surface area contributed by atoms with Crippen molar-refractivity contribution in [3.05, 3.63) is 47.7 Å². The van der Waals surface area contributed by atoms with E-state index >= 15 is 0 Å². The number of thiocarbonyl (C=S) groups is 1. The SMILES string of the molecule is Cc1c(C(=O)NNC(=S)NC(C)(C)C)oc2c1ccc1ccccc12. The van der Waals surface area contributed by atoms with Gasteiger partial charge in [-0.2, -0.15) is 0 Å². The zero-order chi connectivity index (χ0) is 18.2. The van der Waals surface area contributed by atoms with Crippen molar-refractivity contribution in [2.75, 3.05) is 0 Å². The molecule has 3 rings (SSSR count). The Labute approximate surface area is 151 Å². The molecule has 130 valence electrons. The number of amides is 1. The molecule has 0 unspecified atom stereocenters. The molecule has 0 fully saturated rings. The highest BCUT2D eigenvalue weighted by molar-refractivity contribution is 7.80. The van der Waals surface area contributed by atoms with Gasteiger partial charge in [-0.25, -0.2) is 0 Å². The van der Waals surface area contributed by atoms with Crippen LogP contribution in [0.2, 0.25) is 0 Å². The third-order valence-electron chi connectivity index (χ3n) is 3.81. The summed E-state index contributed by atoms with van der Waals surface area (Å²) in [6, 6.07) is 11.9. The van der Waals surface area contributed by atoms with E-state index in [1.165, 1.54) is 0 Å². The minimum atomic E-state index is -0.365. The molecule has 0 aliphatic rings. The molecule has 0 bridgehead atoms. The molecule has 6 heteroatoms. The Morgan fingerprint density at radius 3 is 2.48 bits per heavy atom. The van der Waals surface area contributed by atoms with Gasteiger partial charge in [-0.15, -0.1) is 0 Å². The largest absolute Gasteiger partial charge is 0.450 e. The minimum Gasteiger partial charge on any atom is -0.450 e. The van der Waals surface area contributed by atoms with Crippen molar-refractivity contribution in [2.24, 2.45) is 0 Å². The molecule has 1 amide bonds. The van der Waals surface area contributed by atoms with Crippen molar-refractivity contribution in [2.45, 2.75) is 33.2 Å². The van der Waals surface area contributed by atoms with Crippen LogP contribution in [0.3, 0.4) is 0 Å². The Kier molecular flexibility index (Phi) is 4.39. The average Bonchev–Trinajstić information content (AvgIpc) is 2.88. The lowest BCUT2D eigenvalue weighted by Gasteiger charge is -2.22. The maximum atomic E-state index is 12.5. The quantitative estimate of drug-likeness (QED) is 0.458. The smallest absolute Gasteiger partial charge is 0.305 e. The van der Waals surface area contributed by atoms with Gasteiger partial charge in [0.05, 0.1) is 0 Å². The van der Waals surface area contributed by atoms with Crippen LogP contribution in [0.4, 0.5) is 0 Å². The van der Waals surface area contributed by atoms with Gasteiger partial charge in [-0.05, 0) is 45.3 Å². The number of hydrogen-bond acceptors (Lipinski definition) is 3. The molecule has 0 aliphatic carbocycles. The lowest BCUT2D eigenvalue weighted by molar-refractivity contribution is 0.0917. The van der Waals surface area contributed by atoms with Crippen molar-refractivity contribution < 1.29 is 9.21 Å². The van der Waals surface area contributed by atoms with Crippen LogP contribution in [0.5, 0.6) is 0 Å². The number of aryl methyl sites for hydroxylation is 1. The summed E-state index contributed by atoms with van der Waals surface area (Å²) in [5.74, 6) is -0.0896. The van der Waals surface area contributed by atoms with Crippen LogP contribution in [0.1, 0.15) is 36.9 Å². The maximum Gasteiger partial charge on any atom is 0.305 e. The summed E-state index contributed by atoms with van der Waals surface area (Å²) in [5.41, 5.74) is 6.62. The number of hydrazine groups is 1. The fourth-order valence-corrected chi connectivity index (χ4v) is 3.07. The molecule has 0 spiro atoms. The summed E-state index contributed by atoms with van der Waals surface area (Å²) >= 11 is 5.16. The van der Waals surface area contributed by atoms with E-state index in [-0.39, 0.29) is 17.2 Å². The van der Waals surface area contributed by atoms with E-state index < -0.39 is 0 Å². The van der Waals surface area contributed by atoms with Gasteiger partial charge in [0.2, 0.25) is 0 Å². The van der Waals surface area contributed by atoms with E-state index in [0.29, 0.717) is 5.11 Å². The predicted octanol–water partition coefficient (Wildman–Crippen LogP) is 3.80. The number of nitrogens with one attached hydrogen (secondary N) is 3. The highest BCUT2D eigenvalue weighted by atomic mass is 32.1. The van der Waals surface area contributed by atoms with Gasteiger partial charge in [-0.3, -0.25) is 15.6 Å². The van der Waals surface area contributed by atoms with E-state index in [4.69, 9.17) is 16.6 Å². The minimum absolute atomic E-state index is 0.191. The zero-order valence-corrected chi connectivity index (χ0v) is 15.5. The third kappa shape index (κ3) is 3.58. The summed E-state index contributed by atoms with van der Waals surface area (Å²) in [6.07, 6.45) is 0. The topological polar surface area (TPSA) is 66.3 Å². The molecule has 2 aromatic carbocycles. The molecule has 0 radical (unpaired) electrons. The summed E-state index contributed by atoms with van der Waals surface area (Å²) < 4.78 is 5.89. The second-order valence-electron chi connectivity index (χ2n) is 7.00. The number of rotatable bonds is 1. The number of furan rings is 1. The highest BCUT2D eigenvalue weighted by Gasteiger charge is 2.19. The van der Waals surface area contributed by atoms with Crippen molar-refractivity contribution >= 4 is 45.0 Å². The van der Waals surface area contributed by atoms with Crippen LogP contribution in [0.15, 0.2) is 40.8 Å². The molecule has 1 aromatic heterocycles. The van der Waals surface area contributed by atoms with Crippen LogP contribution < -0.4 is 16.2 Å². The maximum absolute atomic E-state index is 12.5. The molecular formula is C19H21N3O2S. The summed E-state index contributed by atoms with van der Waals surface area (Å²) in [4.78, 5) is 12.5. The molecule has 25 heavy (non-hydrogen) atoms. The summed E-state index contributed by atoms with van der Waals surface area (Å²) in [5, 5.41) is 6.40. The third-order valence-corrected chi connectivity index (χ3v) is 4.02. The first-order valence-electron chi connectivity index (χ1n) is 8.05. The number of carbonyl (C=O) groups excluding carboxylic acids is 1. The first-order valence-corrected chi connectivity index (χ1v) is 8.46. The van der Waals surface area contributed by atoms with Crippen LogP contribution in [0.25, 0.3) is 21.7 Å². The second kappa shape index (κ2) is 6.37. The van der Waals surface area contributed by atoms with Gasteiger partial charge in [0.1, 0.15) is 5.58 Å². The standard InChI is InChI=1S/C19H21N3O2S/c1-11-13-10-9-12-7-5-6-8-14(12)16(13)24-15(11)17(23)21-22-18(25)20-19(2,3)4/h5-10H,1-4H3,(H,21,23)(H2,20,22,25). The van der Waals surface area contributed by atoms with Crippen molar-refractivity contribution in [3.8, 4) is 0 Å². The van der Waals surface area contributed by atoms with Crippen LogP contribution in [-0.2, 0) is 0 Å². The Hall–Kier alpha value is -2.60. The Morgan fingerprint density at radius 1 is 1.04 bits per heavy atom. The first kappa shape index (κ1) is 17.2. The number of carbonyl (C=O) groups is 1. The molecule has 0 saturated heterocycles. The zero-order valence-electron chi connectivity index (χ0n) is 14.7. The Balaban J connectivity index is 1.86. The van der Waals surface area contributed by atoms with Gasteiger partial charge in [0.25, 0.3) is 0 Å². The van der Waals surface area contributed by atoms with Gasteiger partial charge < -0.3 is 9.73 Å². The van der Waals surface area contributed by atoms with Gasteiger partial charge in [-0.1, -0.05) is 36.4 Å². The van der Waals surface area contributed by atoms with Gasteiger partial charge in [0.15, 0.2) is 10.9 Å². The Bertz CT molecular complexity index is 970. The van der Waals surface area contributed by atoms with Crippen molar-refractivity contribution in [1.82, 2.24) is 16.2 Å². The number of hydrogen-bond donors (Lipinski definition) is 3. The van der Waals surface area contributed by atoms with Crippen LogP contribution in [0, 0.1) is 6.92 Å². The number of fused-ring (bicyclic) bond motifs is 3. The van der Waals surface area contributed by atoms with E-state index in [2.05, 4.69) is 16.2 Å². The van der Waals surface area contributed by atoms with Crippen LogP contribution in [-0.4, -0.2) is 16.6 Å². The highest BCUT2D eigenvalue weighted by Crippen LogP contribution is 2.31. The molecule has 1 heterocycles. The lowest BCUT2D eigenvalue weighted by atomic mass is 10.1. The lowest BCUT2D eigenvalue weighted by Crippen LogP contribution is -2.52. The van der Waals surface area contributed by atoms with E-state index in [1.54, 1.807) is 0 Å². The molecule has 0 aliphatic heterocycles. The van der Waals surface area contributed by atoms with Crippen LogP contribution >= 0.6 is 12.2 Å². The van der Waals surface area contributed by atoms with E-state index in [1.807, 2.05) is 64.1 Å². The van der Waals surface area contributed by atoms with Gasteiger partial charge in [0, 0.05) is 21.9 Å². The molecule has 0 atom stereocenters. The monoisotopic (exact) mass is 355 g/mol. The summed E-state index contributed by atoms with van der Waals surface area (Å²) in [6.45, 7) is 7.83. The predicted molar refractivity (Wildman–Crippen MR) is 105 cm³/mol. The van der Waals surface area contributed by atoms with Crippen molar-refractivity contribution in [1.29, 1.82) is 0 Å². The fraction of sp³-hybridized carbons (Fsp3) is 0.263. The molecule has 3 aromatic rings. The van der Waals surface area contributed by atoms with Gasteiger partial charge >= 0.3 is 5.91 Å². The molecular weight excluding hydrogens is 334 g/mol. The Morgan fingerprint density at radius 2 is 1.76 bits per heavy atom. The second-order valence-corrected chi connectivity index (χ2v) is 7.41. The molecule has 5 nitrogen and oxygen atoms in total. The van der Waals surface area contributed by atoms with Crippen molar-refractivity contribution in [3.63, 3.8) is 0 Å². The average molecular weight is 355 g/mol.